The third-order valence-electron chi connectivity index (χ3n) is 1.43. The number of hydrogen-bond donors (Lipinski definition) is 1. The molecule has 0 fully saturated rings. The van der Waals surface area contributed by atoms with Crippen LogP contribution in [0.1, 0.15) is 33.1 Å². The van der Waals surface area contributed by atoms with Gasteiger partial charge in [-0.2, -0.15) is 0 Å². The maximum Gasteiger partial charge on any atom is 0.0465 e. The molecule has 1 N–H and O–H groups in total. The van der Waals surface area contributed by atoms with E-state index in [1.54, 1.807) is 0 Å². The monoisotopic (exact) mass is 280 g/mol. The maximum atomic E-state index is 8.57. The van der Waals surface area contributed by atoms with Gasteiger partial charge in [0.25, 0.3) is 0 Å². The fourth-order valence-corrected chi connectivity index (χ4v) is 1.44. The van der Waals surface area contributed by atoms with Crippen molar-refractivity contribution in [2.75, 3.05) is 6.61 Å². The van der Waals surface area contributed by atoms with Crippen LogP contribution in [0.15, 0.2) is 21.3 Å². The van der Waals surface area contributed by atoms with E-state index in [1.807, 2.05) is 0 Å². The van der Waals surface area contributed by atoms with Gasteiger partial charge in [-0.05, 0) is 59.3 Å². The van der Waals surface area contributed by atoms with Gasteiger partial charge in [0.1, 0.15) is 0 Å². The Balaban J connectivity index is 3.56. The Morgan fingerprint density at radius 3 is 2.42 bits per heavy atom. The predicted molar refractivity (Wildman–Crippen MR) is 62.5 cm³/mol. The molecule has 12 heavy (non-hydrogen) atoms. The Labute approximate surface area is 88.7 Å². The average Bonchev–Trinajstić information content (AvgIpc) is 2.00. The topological polar surface area (TPSA) is 20.2 Å². The van der Waals surface area contributed by atoms with Crippen molar-refractivity contribution in [1.82, 2.24) is 0 Å². The zero-order chi connectivity index (χ0) is 9.40. The SMILES string of the molecule is CC(C)=CCC/C(I)=C/CCO. The van der Waals surface area contributed by atoms with Crippen LogP contribution in [-0.4, -0.2) is 11.7 Å². The zero-order valence-electron chi connectivity index (χ0n) is 7.81. The second-order valence-electron chi connectivity index (χ2n) is 2.98. The molecule has 0 aliphatic heterocycles. The Hall–Kier alpha value is 0.170. The molecule has 0 rings (SSSR count). The molecule has 0 aliphatic rings. The number of allylic oxidation sites excluding steroid dienone is 3. The molecule has 0 aromatic rings. The summed E-state index contributed by atoms with van der Waals surface area (Å²) in [4.78, 5) is 0. The molecule has 0 bridgehead atoms. The molecule has 2 heteroatoms. The standard InChI is InChI=1S/C10H17IO/c1-9(2)5-3-6-10(11)7-4-8-12/h5,7,12H,3-4,6,8H2,1-2H3/b10-7-. The molecule has 0 amide bonds. The summed E-state index contributed by atoms with van der Waals surface area (Å²) in [6.07, 6.45) is 7.34. The van der Waals surface area contributed by atoms with Crippen molar-refractivity contribution in [3.8, 4) is 0 Å². The van der Waals surface area contributed by atoms with Gasteiger partial charge in [0.05, 0.1) is 0 Å². The molecular formula is C10H17IO. The Kier molecular flexibility index (Phi) is 7.91. The maximum absolute atomic E-state index is 8.57. The molecule has 0 saturated carbocycles. The zero-order valence-corrected chi connectivity index (χ0v) is 9.97. The first-order valence-corrected chi connectivity index (χ1v) is 5.33. The van der Waals surface area contributed by atoms with Gasteiger partial charge in [0.2, 0.25) is 0 Å². The second-order valence-corrected chi connectivity index (χ2v) is 4.37. The normalized spacial score (nSPS) is 11.5. The summed E-state index contributed by atoms with van der Waals surface area (Å²) in [5.41, 5.74) is 1.38. The third kappa shape index (κ3) is 8.27. The summed E-state index contributed by atoms with van der Waals surface area (Å²) >= 11 is 2.33. The van der Waals surface area contributed by atoms with E-state index in [0.717, 1.165) is 19.3 Å². The van der Waals surface area contributed by atoms with E-state index in [4.69, 9.17) is 5.11 Å². The highest BCUT2D eigenvalue weighted by Gasteiger charge is 1.89. The van der Waals surface area contributed by atoms with Gasteiger partial charge in [-0.15, -0.1) is 0 Å². The summed E-state index contributed by atoms with van der Waals surface area (Å²) in [7, 11) is 0. The van der Waals surface area contributed by atoms with Crippen LogP contribution >= 0.6 is 22.6 Å². The van der Waals surface area contributed by atoms with Crippen molar-refractivity contribution in [1.29, 1.82) is 0 Å². The van der Waals surface area contributed by atoms with E-state index < -0.39 is 0 Å². The van der Waals surface area contributed by atoms with Crippen molar-refractivity contribution in [3.63, 3.8) is 0 Å². The van der Waals surface area contributed by atoms with Crippen LogP contribution in [0.3, 0.4) is 0 Å². The highest BCUT2D eigenvalue weighted by atomic mass is 127. The Bertz CT molecular complexity index is 167. The molecule has 0 atom stereocenters. The number of halogens is 1. The summed E-state index contributed by atoms with van der Waals surface area (Å²) < 4.78 is 1.35. The van der Waals surface area contributed by atoms with E-state index in [2.05, 4.69) is 48.6 Å². The highest BCUT2D eigenvalue weighted by molar-refractivity contribution is 14.1. The number of aliphatic hydroxyl groups excluding tert-OH is 1. The molecule has 0 unspecified atom stereocenters. The number of hydrogen-bond acceptors (Lipinski definition) is 1. The first-order valence-electron chi connectivity index (χ1n) is 4.25. The van der Waals surface area contributed by atoms with Crippen molar-refractivity contribution >= 4 is 22.6 Å². The number of rotatable bonds is 5. The molecule has 0 spiro atoms. The van der Waals surface area contributed by atoms with Crippen LogP contribution in [0.2, 0.25) is 0 Å². The van der Waals surface area contributed by atoms with Gasteiger partial charge in [-0.3, -0.25) is 0 Å². The molecule has 0 aliphatic carbocycles. The van der Waals surface area contributed by atoms with Gasteiger partial charge < -0.3 is 5.11 Å². The Morgan fingerprint density at radius 2 is 1.92 bits per heavy atom. The summed E-state index contributed by atoms with van der Waals surface area (Å²) in [6.45, 7) is 4.49. The molecule has 70 valence electrons. The predicted octanol–water partition coefficient (Wildman–Crippen LogP) is 3.43. The number of aliphatic hydroxyl groups is 1. The summed E-state index contributed by atoms with van der Waals surface area (Å²) in [6, 6.07) is 0. The smallest absolute Gasteiger partial charge is 0.0465 e. The lowest BCUT2D eigenvalue weighted by molar-refractivity contribution is 0.302. The second kappa shape index (κ2) is 7.80. The van der Waals surface area contributed by atoms with Gasteiger partial charge >= 0.3 is 0 Å². The van der Waals surface area contributed by atoms with Gasteiger partial charge in [-0.25, -0.2) is 0 Å². The quantitative estimate of drug-likeness (QED) is 0.604. The molecule has 0 radical (unpaired) electrons. The van der Waals surface area contributed by atoms with E-state index in [-0.39, 0.29) is 6.61 Å². The lowest BCUT2D eigenvalue weighted by Crippen LogP contribution is -1.79. The van der Waals surface area contributed by atoms with Crippen molar-refractivity contribution in [2.45, 2.75) is 33.1 Å². The van der Waals surface area contributed by atoms with E-state index >= 15 is 0 Å². The fraction of sp³-hybridized carbons (Fsp3) is 0.600. The first kappa shape index (κ1) is 12.2. The third-order valence-corrected chi connectivity index (χ3v) is 2.41. The van der Waals surface area contributed by atoms with Crippen LogP contribution in [0.5, 0.6) is 0 Å². The molecular weight excluding hydrogens is 263 g/mol. The largest absolute Gasteiger partial charge is 0.396 e. The lowest BCUT2D eigenvalue weighted by atomic mass is 10.2. The molecule has 0 heterocycles. The fourth-order valence-electron chi connectivity index (χ4n) is 0.822. The van der Waals surface area contributed by atoms with Crippen LogP contribution < -0.4 is 0 Å². The van der Waals surface area contributed by atoms with Gasteiger partial charge in [0.15, 0.2) is 0 Å². The van der Waals surface area contributed by atoms with Crippen molar-refractivity contribution < 1.29 is 5.11 Å². The molecule has 0 aromatic heterocycles. The minimum atomic E-state index is 0.259. The van der Waals surface area contributed by atoms with Crippen LogP contribution in [-0.2, 0) is 0 Å². The van der Waals surface area contributed by atoms with Crippen LogP contribution in [0.4, 0.5) is 0 Å². The van der Waals surface area contributed by atoms with Crippen LogP contribution in [0, 0.1) is 0 Å². The highest BCUT2D eigenvalue weighted by Crippen LogP contribution is 2.15. The Morgan fingerprint density at radius 1 is 1.25 bits per heavy atom. The van der Waals surface area contributed by atoms with Crippen molar-refractivity contribution in [3.05, 3.63) is 21.3 Å². The van der Waals surface area contributed by atoms with Crippen LogP contribution in [0.25, 0.3) is 0 Å². The van der Waals surface area contributed by atoms with Gasteiger partial charge in [0, 0.05) is 6.61 Å². The molecule has 1 nitrogen and oxygen atoms in total. The van der Waals surface area contributed by atoms with Crippen molar-refractivity contribution in [2.24, 2.45) is 0 Å². The van der Waals surface area contributed by atoms with Gasteiger partial charge in [-0.1, -0.05) is 17.7 Å². The minimum absolute atomic E-state index is 0.259. The first-order chi connectivity index (χ1) is 5.66. The average molecular weight is 280 g/mol. The molecule has 0 aromatic carbocycles. The summed E-state index contributed by atoms with van der Waals surface area (Å²) in [5.74, 6) is 0. The summed E-state index contributed by atoms with van der Waals surface area (Å²) in [5, 5.41) is 8.57. The molecule has 0 saturated heterocycles. The van der Waals surface area contributed by atoms with E-state index in [1.165, 1.54) is 9.15 Å². The van der Waals surface area contributed by atoms with E-state index in [0.29, 0.717) is 0 Å². The minimum Gasteiger partial charge on any atom is -0.396 e. The van der Waals surface area contributed by atoms with E-state index in [9.17, 15) is 0 Å². The lowest BCUT2D eigenvalue weighted by Gasteiger charge is -1.95.